The van der Waals surface area contributed by atoms with Crippen molar-refractivity contribution in [2.45, 2.75) is 290 Å². The summed E-state index contributed by atoms with van der Waals surface area (Å²) in [6.07, 6.45) is 4.18. The number of aromatic amines is 1. The van der Waals surface area contributed by atoms with Gasteiger partial charge in [0.25, 0.3) is 0 Å². The normalized spacial score (nSPS) is 17.6. The molecule has 0 saturated carbocycles. The molecule has 3 aliphatic rings. The van der Waals surface area contributed by atoms with Crippen LogP contribution >= 0.6 is 37.9 Å². The minimum Gasteiger partial charge on any atom is -0.480 e. The number of aromatic nitrogens is 2. The van der Waals surface area contributed by atoms with E-state index >= 15 is 0 Å². The molecule has 0 aromatic carbocycles. The Kier molecular flexibility index (Phi) is 51.1. The zero-order valence-electron chi connectivity index (χ0n) is 80.0. The van der Waals surface area contributed by atoms with Gasteiger partial charge in [-0.3, -0.25) is 95.9 Å². The number of aliphatic carboxylic acids is 1. The van der Waals surface area contributed by atoms with Crippen molar-refractivity contribution in [2.75, 3.05) is 69.7 Å². The zero-order chi connectivity index (χ0) is 102. The third-order valence-corrected chi connectivity index (χ3v) is 23.3. The summed E-state index contributed by atoms with van der Waals surface area (Å²) in [6, 6.07) is -20.9. The molecule has 1 aromatic rings. The minimum atomic E-state index is -1.81. The predicted octanol–water partition coefficient (Wildman–Crippen LogP) is -5.48. The number of carboxylic acids is 1. The molecule has 49 heteroatoms. The number of thiol groups is 3. The first-order valence-corrected chi connectivity index (χ1v) is 48.2. The molecule has 0 unspecified atom stereocenters. The van der Waals surface area contributed by atoms with Crippen LogP contribution in [0.4, 0.5) is 0 Å². The van der Waals surface area contributed by atoms with Gasteiger partial charge < -0.3 is 126 Å². The second-order valence-corrected chi connectivity index (χ2v) is 38.3. The lowest BCUT2D eigenvalue weighted by Crippen LogP contribution is -2.62. The maximum atomic E-state index is 14.9. The Labute approximate surface area is 809 Å². The average Bonchev–Trinajstić information content (AvgIpc) is 1.62. The van der Waals surface area contributed by atoms with Crippen LogP contribution in [0.25, 0.3) is 0 Å². The Morgan fingerprint density at radius 2 is 0.757 bits per heavy atom. The summed E-state index contributed by atoms with van der Waals surface area (Å²) in [5.41, 5.74) is 5.83. The van der Waals surface area contributed by atoms with Crippen LogP contribution < -0.4 is 101 Å². The van der Waals surface area contributed by atoms with Gasteiger partial charge in [-0.2, -0.15) is 37.9 Å². The quantitative estimate of drug-likeness (QED) is 0.0271. The zero-order valence-corrected chi connectivity index (χ0v) is 82.7. The summed E-state index contributed by atoms with van der Waals surface area (Å²) in [5, 5.41) is 66.2. The number of hydrogen-bond donors (Lipinski definition) is 25. The van der Waals surface area contributed by atoms with Crippen molar-refractivity contribution in [3.8, 4) is 0 Å². The second kappa shape index (κ2) is 59.2. The molecule has 16 atom stereocenters. The van der Waals surface area contributed by atoms with Gasteiger partial charge in [0, 0.05) is 55.1 Å². The van der Waals surface area contributed by atoms with Crippen LogP contribution in [0, 0.1) is 41.4 Å². The van der Waals surface area contributed by atoms with E-state index in [4.69, 9.17) is 5.73 Å². The number of aliphatic hydroxyl groups excluding tert-OH is 1. The average molecular weight is 1980 g/mol. The number of rotatable bonds is 59. The molecule has 46 nitrogen and oxygen atoms in total. The lowest BCUT2D eigenvalue weighted by Gasteiger charge is -2.32. The number of carbonyl (C=O) groups is 21. The van der Waals surface area contributed by atoms with E-state index in [2.05, 4.69) is 144 Å². The summed E-state index contributed by atoms with van der Waals surface area (Å²) in [4.78, 5) is 296. The summed E-state index contributed by atoms with van der Waals surface area (Å²) < 4.78 is 0. The summed E-state index contributed by atoms with van der Waals surface area (Å²) in [5.74, 6) is -20.5. The molecular formula is C87H145N23O23S3. The Bertz CT molecular complexity index is 4250. The van der Waals surface area contributed by atoms with Crippen molar-refractivity contribution in [1.29, 1.82) is 0 Å². The highest BCUT2D eigenvalue weighted by Crippen LogP contribution is 2.24. The van der Waals surface area contributed by atoms with Gasteiger partial charge in [-0.05, 0) is 131 Å². The van der Waals surface area contributed by atoms with Crippen LogP contribution in [0.3, 0.4) is 0 Å². The van der Waals surface area contributed by atoms with E-state index in [1.54, 1.807) is 96.9 Å². The van der Waals surface area contributed by atoms with Crippen molar-refractivity contribution in [2.24, 2.45) is 47.2 Å². The number of likely N-dealkylation sites (tertiary alicyclic amines) is 2. The second-order valence-electron chi connectivity index (χ2n) is 37.2. The van der Waals surface area contributed by atoms with Crippen molar-refractivity contribution in [1.82, 2.24) is 115 Å². The summed E-state index contributed by atoms with van der Waals surface area (Å²) in [7, 11) is 0. The highest BCUT2D eigenvalue weighted by atomic mass is 32.1. The van der Waals surface area contributed by atoms with Gasteiger partial charge in [0.1, 0.15) is 90.6 Å². The van der Waals surface area contributed by atoms with Crippen LogP contribution in [-0.2, 0) is 107 Å². The third-order valence-electron chi connectivity index (χ3n) is 22.2. The van der Waals surface area contributed by atoms with E-state index < -0.39 is 266 Å². The van der Waals surface area contributed by atoms with Crippen LogP contribution in [0.1, 0.15) is 193 Å². The Balaban J connectivity index is 1.40. The number of carboxylic acid groups (broad SMARTS) is 1. The van der Waals surface area contributed by atoms with Gasteiger partial charge in [0.15, 0.2) is 0 Å². The summed E-state index contributed by atoms with van der Waals surface area (Å²) in [6.45, 7) is 21.7. The molecule has 0 bridgehead atoms. The number of imidazole rings is 1. The molecule has 0 radical (unpaired) electrons. The highest BCUT2D eigenvalue weighted by molar-refractivity contribution is 7.80. The first-order valence-electron chi connectivity index (χ1n) is 46.3. The van der Waals surface area contributed by atoms with Gasteiger partial charge in [-0.15, -0.1) is 0 Å². The molecule has 1 aromatic heterocycles. The SMILES string of the molecule is CC(C)C[C@H](NC(=O)[C@@H]1CCCN1C(=O)[C@H](CS)NC(=O)CNC(=O)[C@H](CS)NC(=O)[C@H](CC(C)C)NC(=O)CNC(=O)CNC(=O)[C@H](CC(C)C)NC(=O)[C@H](CC(C)C)NC(=O)[C@@H]1CCCN1C(=O)[C@@H](NC(=O)[C@H](Cc1cnc[nH]1)NC(=O)[C@H](CC(C)C)NC(=O)[C@H](CCC(N)=O)NC(=O)[C@H](CO)NC(=O)[C@H](CS)NC(=O)[C@H](CC(C)C)NC(=O)CNC(=O)[C@@H]1CCCN1)C(C)C)C(=O)O. The standard InChI is InChI=1S/C87H145N23O23S3/c1-43(2)26-53(73(118)92-34-67(113)91-35-68(114)96-54(27-44(3)4)76(121)106-61(39-134)74(119)94-37-70(116)98-63(41-136)85(130)109-24-16-19-64(109)84(129)104-59(87(132)133)31-48(11)12)100-79(124)57(30-47(9)10)103-83(128)65-20-17-25-110(65)86(131)71(49(13)14)108-80(125)58(32-50-33-89-42-95-50)102-78(123)56(29-46(7)8)101-75(120)52(21-22-66(88)112)99-81(126)60(38-111)105-82(127)62(40-135)107-77(122)55(28-45(5)6)97-69(115)36-93-72(117)51-18-15-23-90-51/h33,42-49,51-65,71,90,111,134-136H,15-32,34-41H2,1-14H3,(H2,88,112)(H,89,95)(H,91,113)(H,92,118)(H,93,117)(H,94,119)(H,96,114)(H,97,115)(H,98,116)(H,99,126)(H,100,124)(H,101,120)(H,102,123)(H,103,128)(H,104,129)(H,105,127)(H,106,121)(H,107,122)(H,108,125)(H,132,133)/t51-,52-,53-,54-,55-,56-,57-,58-,59-,60-,61-,62-,63-,64-,65-,71-/m0/s1. The first kappa shape index (κ1) is 117. The number of amides is 20. The highest BCUT2D eigenvalue weighted by Gasteiger charge is 2.44. The van der Waals surface area contributed by atoms with E-state index in [0.29, 0.717) is 31.5 Å². The molecule has 3 aliphatic heterocycles. The molecule has 136 heavy (non-hydrogen) atoms. The Morgan fingerprint density at radius 1 is 0.397 bits per heavy atom. The number of primary amides is 1. The van der Waals surface area contributed by atoms with Crippen molar-refractivity contribution >= 4 is 162 Å². The van der Waals surface area contributed by atoms with Crippen molar-refractivity contribution in [3.05, 3.63) is 18.2 Å². The van der Waals surface area contributed by atoms with Crippen molar-refractivity contribution in [3.63, 3.8) is 0 Å². The van der Waals surface area contributed by atoms with E-state index in [0.717, 1.165) is 6.42 Å². The molecule has 4 heterocycles. The molecular weight excluding hydrogens is 1830 g/mol. The monoisotopic (exact) mass is 1980 g/mol. The molecule has 764 valence electrons. The van der Waals surface area contributed by atoms with Gasteiger partial charge in [0.2, 0.25) is 118 Å². The van der Waals surface area contributed by atoms with E-state index in [-0.39, 0.29) is 130 Å². The van der Waals surface area contributed by atoms with Gasteiger partial charge in [-0.25, -0.2) is 9.78 Å². The molecule has 0 spiro atoms. The third kappa shape index (κ3) is 40.8. The van der Waals surface area contributed by atoms with E-state index in [1.807, 2.05) is 0 Å². The van der Waals surface area contributed by atoms with Gasteiger partial charge >= 0.3 is 5.97 Å². The Morgan fingerprint density at radius 3 is 1.19 bits per heavy atom. The number of aliphatic hydroxyl groups is 1. The lowest BCUT2D eigenvalue weighted by molar-refractivity contribution is -0.145. The molecule has 4 rings (SSSR count). The molecule has 0 aliphatic carbocycles. The number of hydrogen-bond acceptors (Lipinski definition) is 27. The van der Waals surface area contributed by atoms with Crippen LogP contribution in [0.2, 0.25) is 0 Å². The van der Waals surface area contributed by atoms with E-state index in [1.165, 1.54) is 22.3 Å². The van der Waals surface area contributed by atoms with Crippen LogP contribution in [0.5, 0.6) is 0 Å². The van der Waals surface area contributed by atoms with Crippen molar-refractivity contribution < 1.29 is 111 Å². The largest absolute Gasteiger partial charge is 0.480 e. The predicted molar refractivity (Wildman–Crippen MR) is 506 cm³/mol. The molecule has 20 amide bonds. The lowest BCUT2D eigenvalue weighted by atomic mass is 9.99. The van der Waals surface area contributed by atoms with Gasteiger partial charge in [0.05, 0.1) is 45.2 Å². The van der Waals surface area contributed by atoms with Crippen LogP contribution in [-0.4, -0.2) is 320 Å². The maximum Gasteiger partial charge on any atom is 0.326 e. The smallest absolute Gasteiger partial charge is 0.326 e. The van der Waals surface area contributed by atoms with E-state index in [9.17, 15) is 111 Å². The molecule has 23 N–H and O–H groups in total. The van der Waals surface area contributed by atoms with Gasteiger partial charge in [-0.1, -0.05) is 96.9 Å². The maximum absolute atomic E-state index is 14.9. The first-order chi connectivity index (χ1) is 64.0. The molecule has 3 fully saturated rings. The number of nitrogens with one attached hydrogen (secondary N) is 19. The number of carbonyl (C=O) groups excluding carboxylic acids is 20. The number of H-pyrrole nitrogens is 1. The minimum absolute atomic E-state index is 0.0249. The fourth-order valence-electron chi connectivity index (χ4n) is 15.3. The topological polar surface area (TPSA) is 677 Å². The summed E-state index contributed by atoms with van der Waals surface area (Å²) >= 11 is 12.7. The number of nitrogens with zero attached hydrogens (tertiary/aromatic N) is 3. The fourth-order valence-corrected chi connectivity index (χ4v) is 16.1. The molecule has 3 saturated heterocycles. The van der Waals surface area contributed by atoms with Crippen LogP contribution in [0.15, 0.2) is 12.5 Å². The number of nitrogens with two attached hydrogens (primary N) is 1. The fraction of sp³-hybridized carbons (Fsp3) is 0.724. The Hall–Kier alpha value is -10.9.